The number of benzene rings is 1. The van der Waals surface area contributed by atoms with Crippen molar-refractivity contribution in [3.63, 3.8) is 0 Å². The highest BCUT2D eigenvalue weighted by atomic mass is 32.1. The number of amides is 3. The van der Waals surface area contributed by atoms with Gasteiger partial charge >= 0.3 is 6.03 Å². The number of hydrogen-bond donors (Lipinski definition) is 2. The Hall–Kier alpha value is -2.64. The van der Waals surface area contributed by atoms with Crippen LogP contribution in [0.3, 0.4) is 0 Å². The second-order valence-electron chi connectivity index (χ2n) is 6.35. The van der Waals surface area contributed by atoms with Crippen LogP contribution < -0.4 is 10.6 Å². The molecule has 0 saturated carbocycles. The number of carbonyl (C=O) groups excluding carboxylic acids is 2. The van der Waals surface area contributed by atoms with E-state index in [-0.39, 0.29) is 18.0 Å². The minimum Gasteiger partial charge on any atom is -0.321 e. The van der Waals surface area contributed by atoms with Crippen LogP contribution in [0.15, 0.2) is 58.6 Å². The summed E-state index contributed by atoms with van der Waals surface area (Å²) in [6.45, 7) is 0.751. The molecule has 1 fully saturated rings. The number of carbonyl (C=O) groups is 2. The molecule has 0 bridgehead atoms. The molecule has 7 heteroatoms. The first-order valence-electron chi connectivity index (χ1n) is 8.75. The third kappa shape index (κ3) is 4.04. The van der Waals surface area contributed by atoms with E-state index in [1.807, 2.05) is 39.9 Å². The maximum atomic E-state index is 12.8. The van der Waals surface area contributed by atoms with Crippen molar-refractivity contribution in [2.45, 2.75) is 18.9 Å². The van der Waals surface area contributed by atoms with E-state index >= 15 is 0 Å². The van der Waals surface area contributed by atoms with Crippen LogP contribution in [0.1, 0.15) is 34.1 Å². The third-order valence-corrected chi connectivity index (χ3v) is 6.13. The SMILES string of the molecule is O=C(Nc1cccc(NC(=O)N2CCC[C@@H]2c2ccsc2)c1)c1cccs1. The summed E-state index contributed by atoms with van der Waals surface area (Å²) in [5, 5.41) is 11.9. The van der Waals surface area contributed by atoms with E-state index < -0.39 is 0 Å². The molecule has 5 nitrogen and oxygen atoms in total. The summed E-state index contributed by atoms with van der Waals surface area (Å²) in [4.78, 5) is 27.5. The molecule has 138 valence electrons. The molecule has 0 unspecified atom stereocenters. The first-order valence-corrected chi connectivity index (χ1v) is 10.6. The topological polar surface area (TPSA) is 61.4 Å². The summed E-state index contributed by atoms with van der Waals surface area (Å²) in [6.07, 6.45) is 1.99. The predicted molar refractivity (Wildman–Crippen MR) is 111 cm³/mol. The van der Waals surface area contributed by atoms with Crippen molar-refractivity contribution >= 4 is 46.0 Å². The maximum absolute atomic E-state index is 12.8. The molecule has 1 aliphatic heterocycles. The molecule has 2 N–H and O–H groups in total. The van der Waals surface area contributed by atoms with E-state index in [1.54, 1.807) is 23.5 Å². The van der Waals surface area contributed by atoms with Crippen molar-refractivity contribution < 1.29 is 9.59 Å². The fourth-order valence-electron chi connectivity index (χ4n) is 3.29. The zero-order valence-electron chi connectivity index (χ0n) is 14.6. The van der Waals surface area contributed by atoms with Gasteiger partial charge in [-0.15, -0.1) is 11.3 Å². The summed E-state index contributed by atoms with van der Waals surface area (Å²) in [5.41, 5.74) is 2.52. The quantitative estimate of drug-likeness (QED) is 0.616. The lowest BCUT2D eigenvalue weighted by Crippen LogP contribution is -2.34. The number of thiophene rings is 2. The fraction of sp³-hybridized carbons (Fsp3) is 0.200. The van der Waals surface area contributed by atoms with Crippen molar-refractivity contribution in [3.05, 3.63) is 69.0 Å². The van der Waals surface area contributed by atoms with Crippen molar-refractivity contribution in [1.29, 1.82) is 0 Å². The van der Waals surface area contributed by atoms with Gasteiger partial charge in [-0.2, -0.15) is 11.3 Å². The molecule has 0 aliphatic carbocycles. The molecular weight excluding hydrogens is 378 g/mol. The lowest BCUT2D eigenvalue weighted by Gasteiger charge is -2.24. The van der Waals surface area contributed by atoms with Gasteiger partial charge in [0.05, 0.1) is 10.9 Å². The van der Waals surface area contributed by atoms with Crippen molar-refractivity contribution in [3.8, 4) is 0 Å². The Bertz CT molecular complexity index is 923. The second kappa shape index (κ2) is 7.94. The molecule has 27 heavy (non-hydrogen) atoms. The molecule has 1 aromatic carbocycles. The van der Waals surface area contributed by atoms with Gasteiger partial charge in [-0.25, -0.2) is 4.79 Å². The zero-order chi connectivity index (χ0) is 18.6. The first-order chi connectivity index (χ1) is 13.2. The van der Waals surface area contributed by atoms with E-state index in [9.17, 15) is 9.59 Å². The van der Waals surface area contributed by atoms with Crippen LogP contribution in [0, 0.1) is 0 Å². The van der Waals surface area contributed by atoms with Crippen LogP contribution >= 0.6 is 22.7 Å². The van der Waals surface area contributed by atoms with Gasteiger partial charge in [-0.1, -0.05) is 12.1 Å². The molecule has 0 radical (unpaired) electrons. The van der Waals surface area contributed by atoms with Crippen molar-refractivity contribution in [2.75, 3.05) is 17.2 Å². The van der Waals surface area contributed by atoms with E-state index in [1.165, 1.54) is 16.9 Å². The van der Waals surface area contributed by atoms with Crippen molar-refractivity contribution in [2.24, 2.45) is 0 Å². The van der Waals surface area contributed by atoms with Gasteiger partial charge in [0.1, 0.15) is 0 Å². The van der Waals surface area contributed by atoms with Crippen LogP contribution in [0.4, 0.5) is 16.2 Å². The van der Waals surface area contributed by atoms with Gasteiger partial charge in [-0.05, 0) is 64.9 Å². The molecule has 3 aromatic rings. The molecule has 3 heterocycles. The summed E-state index contributed by atoms with van der Waals surface area (Å²) >= 11 is 3.05. The standard InChI is InChI=1S/C20H19N3O2S2/c24-19(18-7-3-10-27-18)21-15-4-1-5-16(12-15)22-20(25)23-9-2-6-17(23)14-8-11-26-13-14/h1,3-5,7-8,10-13,17H,2,6,9H2,(H,21,24)(H,22,25)/t17-/m1/s1. The highest BCUT2D eigenvalue weighted by molar-refractivity contribution is 7.12. The number of rotatable bonds is 4. The van der Waals surface area contributed by atoms with E-state index in [4.69, 9.17) is 0 Å². The molecule has 0 spiro atoms. The number of urea groups is 1. The Kier molecular flexibility index (Phi) is 5.22. The van der Waals surface area contributed by atoms with Gasteiger partial charge in [0.15, 0.2) is 0 Å². The van der Waals surface area contributed by atoms with Gasteiger partial charge < -0.3 is 15.5 Å². The molecule has 4 rings (SSSR count). The van der Waals surface area contributed by atoms with Gasteiger partial charge in [0, 0.05) is 17.9 Å². The monoisotopic (exact) mass is 397 g/mol. The zero-order valence-corrected chi connectivity index (χ0v) is 16.2. The van der Waals surface area contributed by atoms with Crippen molar-refractivity contribution in [1.82, 2.24) is 4.90 Å². The molecule has 3 amide bonds. The number of nitrogens with one attached hydrogen (secondary N) is 2. The highest BCUT2D eigenvalue weighted by Crippen LogP contribution is 2.33. The van der Waals surface area contributed by atoms with E-state index in [2.05, 4.69) is 22.1 Å². The third-order valence-electron chi connectivity index (χ3n) is 4.56. The summed E-state index contributed by atoms with van der Waals surface area (Å²) in [7, 11) is 0. The number of nitrogens with zero attached hydrogens (tertiary/aromatic N) is 1. The smallest absolute Gasteiger partial charge is 0.321 e. The first kappa shape index (κ1) is 17.8. The minimum atomic E-state index is -0.148. The van der Waals surface area contributed by atoms with E-state index in [0.29, 0.717) is 16.3 Å². The van der Waals surface area contributed by atoms with Crippen LogP contribution in [0.2, 0.25) is 0 Å². The largest absolute Gasteiger partial charge is 0.322 e. The fourth-order valence-corrected chi connectivity index (χ4v) is 4.62. The number of likely N-dealkylation sites (tertiary alicyclic amines) is 1. The number of anilines is 2. The normalized spacial score (nSPS) is 16.3. The summed E-state index contributed by atoms with van der Waals surface area (Å²) < 4.78 is 0. The lowest BCUT2D eigenvalue weighted by molar-refractivity contribution is 0.103. The Balaban J connectivity index is 1.43. The average Bonchev–Trinajstić information content (AvgIpc) is 3.43. The van der Waals surface area contributed by atoms with Gasteiger partial charge in [-0.3, -0.25) is 4.79 Å². The van der Waals surface area contributed by atoms with Gasteiger partial charge in [0.25, 0.3) is 5.91 Å². The predicted octanol–water partition coefficient (Wildman–Crippen LogP) is 5.43. The van der Waals surface area contributed by atoms with Gasteiger partial charge in [0.2, 0.25) is 0 Å². The molecule has 2 aromatic heterocycles. The average molecular weight is 398 g/mol. The second-order valence-corrected chi connectivity index (χ2v) is 8.08. The Morgan fingerprint density at radius 3 is 2.63 bits per heavy atom. The summed E-state index contributed by atoms with van der Waals surface area (Å²) in [6, 6.07) is 13.0. The Morgan fingerprint density at radius 1 is 1.04 bits per heavy atom. The molecule has 1 atom stereocenters. The van der Waals surface area contributed by atoms with Crippen LogP contribution in [-0.2, 0) is 0 Å². The summed E-state index contributed by atoms with van der Waals surface area (Å²) in [5.74, 6) is -0.148. The Morgan fingerprint density at radius 2 is 1.89 bits per heavy atom. The Labute approximate surface area is 165 Å². The van der Waals surface area contributed by atoms with Crippen LogP contribution in [-0.4, -0.2) is 23.4 Å². The number of hydrogen-bond acceptors (Lipinski definition) is 4. The minimum absolute atomic E-state index is 0.106. The molecule has 1 aliphatic rings. The maximum Gasteiger partial charge on any atom is 0.322 e. The molecular formula is C20H19N3O2S2. The highest BCUT2D eigenvalue weighted by Gasteiger charge is 2.30. The molecule has 1 saturated heterocycles. The van der Waals surface area contributed by atoms with E-state index in [0.717, 1.165) is 19.4 Å². The van der Waals surface area contributed by atoms with Crippen LogP contribution in [0.5, 0.6) is 0 Å². The van der Waals surface area contributed by atoms with Crippen LogP contribution in [0.25, 0.3) is 0 Å². The lowest BCUT2D eigenvalue weighted by atomic mass is 10.1.